The first kappa shape index (κ1) is 35.7. The van der Waals surface area contributed by atoms with Gasteiger partial charge in [-0.05, 0) is 127 Å². The number of hydrogen-bond donors (Lipinski definition) is 0. The second-order valence-corrected chi connectivity index (χ2v) is 17.0. The second-order valence-electron chi connectivity index (χ2n) is 17.0. The highest BCUT2D eigenvalue weighted by atomic mass is 14.5. The lowest BCUT2D eigenvalue weighted by Gasteiger charge is -2.35. The minimum atomic E-state index is -0.578. The van der Waals surface area contributed by atoms with Crippen molar-refractivity contribution in [3.05, 3.63) is 265 Å². The monoisotopic (exact) mass is 796 g/mol. The van der Waals surface area contributed by atoms with Crippen molar-refractivity contribution in [2.75, 3.05) is 0 Å². The van der Waals surface area contributed by atoms with E-state index in [-0.39, 0.29) is 0 Å². The van der Waals surface area contributed by atoms with Gasteiger partial charge in [-0.15, -0.1) is 0 Å². The van der Waals surface area contributed by atoms with Gasteiger partial charge in [0.05, 0.1) is 5.41 Å². The number of fused-ring (bicyclic) bond motifs is 12. The third-order valence-corrected chi connectivity index (χ3v) is 13.9. The van der Waals surface area contributed by atoms with E-state index >= 15 is 0 Å². The smallest absolute Gasteiger partial charge is 0.0622 e. The highest BCUT2D eigenvalue weighted by Gasteiger charge is 2.49. The molecule has 0 heteroatoms. The molecule has 1 aliphatic rings. The van der Waals surface area contributed by atoms with Gasteiger partial charge in [-0.25, -0.2) is 0 Å². The molecule has 0 unspecified atom stereocenters. The van der Waals surface area contributed by atoms with Crippen LogP contribution in [0.4, 0.5) is 0 Å². The van der Waals surface area contributed by atoms with Crippen LogP contribution in [0, 0.1) is 0 Å². The molecule has 0 saturated heterocycles. The van der Waals surface area contributed by atoms with E-state index in [1.807, 2.05) is 0 Å². The van der Waals surface area contributed by atoms with Crippen molar-refractivity contribution in [2.45, 2.75) is 5.41 Å². The molecule has 12 aromatic carbocycles. The third kappa shape index (κ3) is 5.10. The Balaban J connectivity index is 1.13. The molecule has 0 N–H and O–H groups in total. The zero-order valence-corrected chi connectivity index (χ0v) is 34.6. The summed E-state index contributed by atoms with van der Waals surface area (Å²) in [6.45, 7) is 0. The van der Waals surface area contributed by atoms with Crippen LogP contribution in [0.3, 0.4) is 0 Å². The molecule has 292 valence electrons. The Kier molecular flexibility index (Phi) is 7.92. The van der Waals surface area contributed by atoms with Gasteiger partial charge >= 0.3 is 0 Å². The Morgan fingerprint density at radius 3 is 1.25 bits per heavy atom. The second kappa shape index (κ2) is 14.0. The van der Waals surface area contributed by atoms with Crippen LogP contribution in [-0.2, 0) is 5.41 Å². The van der Waals surface area contributed by atoms with Gasteiger partial charge in [0.25, 0.3) is 0 Å². The highest BCUT2D eigenvalue weighted by molar-refractivity contribution is 6.24. The quantitative estimate of drug-likeness (QED) is 0.120. The minimum absolute atomic E-state index is 0.578. The van der Waals surface area contributed by atoms with Gasteiger partial charge in [0.15, 0.2) is 0 Å². The largest absolute Gasteiger partial charge is 0.0725 e. The van der Waals surface area contributed by atoms with Crippen LogP contribution in [0.2, 0.25) is 0 Å². The van der Waals surface area contributed by atoms with Gasteiger partial charge in [-0.1, -0.05) is 237 Å². The molecule has 0 nitrogen and oxygen atoms in total. The molecule has 0 atom stereocenters. The zero-order chi connectivity index (χ0) is 41.5. The average Bonchev–Trinajstić information content (AvgIpc) is 3.69. The lowest BCUT2D eigenvalue weighted by molar-refractivity contribution is 0.783. The normalized spacial score (nSPS) is 12.9. The SMILES string of the molecule is c1ccc(-c2ccccc2-c2c3ccccc3c(-c3ccc4c5c(ccc4c3)-c3c(c4ccccc4c4ccccc34)C5(c3ccccc3)c3ccccc3)c3ccccc23)cc1. The molecule has 63 heavy (non-hydrogen) atoms. The average molecular weight is 797 g/mol. The third-order valence-electron chi connectivity index (χ3n) is 13.9. The Bertz CT molecular complexity index is 3670. The van der Waals surface area contributed by atoms with Crippen LogP contribution >= 0.6 is 0 Å². The topological polar surface area (TPSA) is 0 Å². The highest BCUT2D eigenvalue weighted by Crippen LogP contribution is 2.62. The van der Waals surface area contributed by atoms with Crippen LogP contribution in [0.15, 0.2) is 243 Å². The van der Waals surface area contributed by atoms with E-state index in [4.69, 9.17) is 0 Å². The predicted molar refractivity (Wildman–Crippen MR) is 268 cm³/mol. The van der Waals surface area contributed by atoms with Crippen molar-refractivity contribution < 1.29 is 0 Å². The van der Waals surface area contributed by atoms with E-state index in [2.05, 4.69) is 243 Å². The molecule has 0 aromatic heterocycles. The summed E-state index contributed by atoms with van der Waals surface area (Å²) in [6, 6.07) is 90.4. The molecular formula is C63H40. The first-order valence-electron chi connectivity index (χ1n) is 22.0. The summed E-state index contributed by atoms with van der Waals surface area (Å²) < 4.78 is 0. The molecule has 0 bridgehead atoms. The van der Waals surface area contributed by atoms with Gasteiger partial charge < -0.3 is 0 Å². The van der Waals surface area contributed by atoms with Crippen LogP contribution < -0.4 is 0 Å². The summed E-state index contributed by atoms with van der Waals surface area (Å²) in [5.74, 6) is 0. The van der Waals surface area contributed by atoms with E-state index < -0.39 is 5.41 Å². The van der Waals surface area contributed by atoms with Crippen LogP contribution in [0.25, 0.3) is 98.4 Å². The van der Waals surface area contributed by atoms with Crippen LogP contribution in [0.1, 0.15) is 22.3 Å². The predicted octanol–water partition coefficient (Wildman–Crippen LogP) is 16.8. The van der Waals surface area contributed by atoms with Gasteiger partial charge in [0, 0.05) is 0 Å². The first-order valence-corrected chi connectivity index (χ1v) is 22.0. The maximum absolute atomic E-state index is 2.46. The lowest BCUT2D eigenvalue weighted by Crippen LogP contribution is -2.29. The fourth-order valence-corrected chi connectivity index (χ4v) is 11.5. The summed E-state index contributed by atoms with van der Waals surface area (Å²) in [6.07, 6.45) is 0. The molecular weight excluding hydrogens is 757 g/mol. The molecule has 0 heterocycles. The molecule has 12 aromatic rings. The van der Waals surface area contributed by atoms with Crippen molar-refractivity contribution in [2.24, 2.45) is 0 Å². The van der Waals surface area contributed by atoms with Crippen molar-refractivity contribution in [3.8, 4) is 44.5 Å². The first-order chi connectivity index (χ1) is 31.3. The van der Waals surface area contributed by atoms with E-state index in [9.17, 15) is 0 Å². The van der Waals surface area contributed by atoms with Gasteiger partial charge in [0.1, 0.15) is 0 Å². The van der Waals surface area contributed by atoms with E-state index in [1.54, 1.807) is 0 Å². The van der Waals surface area contributed by atoms with Crippen LogP contribution in [0.5, 0.6) is 0 Å². The molecule has 0 amide bonds. The van der Waals surface area contributed by atoms with Gasteiger partial charge in [-0.3, -0.25) is 0 Å². The summed E-state index contributed by atoms with van der Waals surface area (Å²) in [5, 5.41) is 12.7. The number of benzene rings is 12. The Morgan fingerprint density at radius 2 is 0.667 bits per heavy atom. The fourth-order valence-electron chi connectivity index (χ4n) is 11.5. The van der Waals surface area contributed by atoms with E-state index in [0.717, 1.165) is 0 Å². The standard InChI is InChI=1S/C63H40/c1-4-20-41(21-5-1)46-26-10-13-29-50(46)59-54-33-17-15-31-52(54)58(53-32-16-18-34-55(53)59)43-37-38-47-42(40-43)36-39-57-60-51-30-14-11-27-48(51)49-28-12-19-35-56(49)62(60)63(61(47)57,44-22-6-2-7-23-44)45-24-8-3-9-25-45/h1-40H. The fraction of sp³-hybridized carbons (Fsp3) is 0.0159. The Morgan fingerprint density at radius 1 is 0.222 bits per heavy atom. The van der Waals surface area contributed by atoms with Crippen molar-refractivity contribution in [3.63, 3.8) is 0 Å². The molecule has 1 aliphatic carbocycles. The number of hydrogen-bond acceptors (Lipinski definition) is 0. The van der Waals surface area contributed by atoms with Gasteiger partial charge in [0.2, 0.25) is 0 Å². The van der Waals surface area contributed by atoms with Crippen molar-refractivity contribution >= 4 is 53.9 Å². The van der Waals surface area contributed by atoms with Gasteiger partial charge in [-0.2, -0.15) is 0 Å². The molecule has 0 fully saturated rings. The van der Waals surface area contributed by atoms with Crippen molar-refractivity contribution in [1.82, 2.24) is 0 Å². The minimum Gasteiger partial charge on any atom is -0.0622 e. The maximum Gasteiger partial charge on any atom is 0.0725 e. The Labute approximate surface area is 367 Å². The van der Waals surface area contributed by atoms with Crippen LogP contribution in [-0.4, -0.2) is 0 Å². The van der Waals surface area contributed by atoms with E-state index in [0.29, 0.717) is 0 Å². The molecule has 0 spiro atoms. The molecule has 0 saturated carbocycles. The number of rotatable bonds is 5. The van der Waals surface area contributed by atoms with E-state index in [1.165, 1.54) is 121 Å². The molecule has 0 aliphatic heterocycles. The lowest BCUT2D eigenvalue weighted by atomic mass is 9.65. The summed E-state index contributed by atoms with van der Waals surface area (Å²) >= 11 is 0. The summed E-state index contributed by atoms with van der Waals surface area (Å²) in [7, 11) is 0. The molecule has 13 rings (SSSR count). The summed E-state index contributed by atoms with van der Waals surface area (Å²) in [4.78, 5) is 0. The van der Waals surface area contributed by atoms with Crippen molar-refractivity contribution in [1.29, 1.82) is 0 Å². The maximum atomic E-state index is 2.46. The summed E-state index contributed by atoms with van der Waals surface area (Å²) in [5.41, 5.74) is 14.8. The molecule has 0 radical (unpaired) electrons. The zero-order valence-electron chi connectivity index (χ0n) is 34.6. The Hall–Kier alpha value is -8.06.